The normalized spacial score (nSPS) is 10.5. The van der Waals surface area contributed by atoms with Crippen molar-refractivity contribution in [3.05, 3.63) is 77.6 Å². The second-order valence-corrected chi connectivity index (χ2v) is 5.92. The van der Waals surface area contributed by atoms with E-state index in [1.807, 2.05) is 0 Å². The Morgan fingerprint density at radius 2 is 1.77 bits per heavy atom. The Bertz CT molecular complexity index is 896. The molecule has 26 heavy (non-hydrogen) atoms. The van der Waals surface area contributed by atoms with Crippen molar-refractivity contribution in [3.63, 3.8) is 0 Å². The summed E-state index contributed by atoms with van der Waals surface area (Å²) in [5, 5.41) is 4.41. The Morgan fingerprint density at radius 1 is 1.08 bits per heavy atom. The second-order valence-electron chi connectivity index (χ2n) is 5.48. The zero-order valence-corrected chi connectivity index (χ0v) is 14.3. The molecule has 6 nitrogen and oxygen atoms in total. The van der Waals surface area contributed by atoms with E-state index in [0.29, 0.717) is 16.3 Å². The van der Waals surface area contributed by atoms with Crippen LogP contribution in [0.2, 0.25) is 5.02 Å². The third-order valence-electron chi connectivity index (χ3n) is 3.67. The number of hydrogen-bond acceptors (Lipinski definition) is 4. The van der Waals surface area contributed by atoms with Gasteiger partial charge < -0.3 is 4.90 Å². The van der Waals surface area contributed by atoms with Gasteiger partial charge in [0.15, 0.2) is 5.78 Å². The van der Waals surface area contributed by atoms with Gasteiger partial charge in [0, 0.05) is 16.3 Å². The molecule has 0 aliphatic heterocycles. The average molecular weight is 373 g/mol. The van der Waals surface area contributed by atoms with E-state index >= 15 is 0 Å². The number of benzene rings is 2. The number of amides is 1. The molecule has 0 N–H and O–H groups in total. The molecule has 0 aliphatic rings. The van der Waals surface area contributed by atoms with Crippen LogP contribution in [0.3, 0.4) is 0 Å². The maximum absolute atomic E-state index is 13.2. The Labute approximate surface area is 153 Å². The summed E-state index contributed by atoms with van der Waals surface area (Å²) in [5.74, 6) is -1.07. The van der Waals surface area contributed by atoms with Gasteiger partial charge >= 0.3 is 0 Å². The lowest BCUT2D eigenvalue weighted by molar-refractivity contribution is -0.119. The number of Topliss-reactive ketones (excluding diaryl/α,β-unsaturated/α-hetero) is 1. The Morgan fingerprint density at radius 3 is 2.38 bits per heavy atom. The highest BCUT2D eigenvalue weighted by Crippen LogP contribution is 2.17. The monoisotopic (exact) mass is 372 g/mol. The van der Waals surface area contributed by atoms with Gasteiger partial charge in [0.25, 0.3) is 0 Å². The molecule has 8 heteroatoms. The number of anilines is 1. The van der Waals surface area contributed by atoms with Crippen LogP contribution in [0.5, 0.6) is 0 Å². The molecule has 2 aromatic carbocycles. The number of nitrogens with zero attached hydrogens (tertiary/aromatic N) is 4. The van der Waals surface area contributed by atoms with Crippen LogP contribution in [-0.2, 0) is 11.3 Å². The smallest absolute Gasteiger partial charge is 0.249 e. The summed E-state index contributed by atoms with van der Waals surface area (Å²) in [7, 11) is 0. The largest absolute Gasteiger partial charge is 0.303 e. The zero-order chi connectivity index (χ0) is 18.5. The van der Waals surface area contributed by atoms with Crippen molar-refractivity contribution in [1.82, 2.24) is 14.8 Å². The van der Waals surface area contributed by atoms with Crippen LogP contribution < -0.4 is 4.90 Å². The maximum Gasteiger partial charge on any atom is 0.249 e. The van der Waals surface area contributed by atoms with E-state index in [0.717, 1.165) is 0 Å². The van der Waals surface area contributed by atoms with Gasteiger partial charge in [0.2, 0.25) is 5.91 Å². The lowest BCUT2D eigenvalue weighted by atomic mass is 10.1. The van der Waals surface area contributed by atoms with Gasteiger partial charge in [-0.25, -0.2) is 14.1 Å². The number of ketones is 1. The van der Waals surface area contributed by atoms with Crippen molar-refractivity contribution in [2.24, 2.45) is 0 Å². The topological polar surface area (TPSA) is 68.1 Å². The molecule has 0 saturated carbocycles. The molecule has 3 rings (SSSR count). The van der Waals surface area contributed by atoms with E-state index in [1.165, 1.54) is 46.5 Å². The summed E-state index contributed by atoms with van der Waals surface area (Å²) in [6.07, 6.45) is 2.72. The minimum absolute atomic E-state index is 0.0920. The molecule has 0 bridgehead atoms. The van der Waals surface area contributed by atoms with Gasteiger partial charge in [0.1, 0.15) is 25.0 Å². The predicted octanol–water partition coefficient (Wildman–Crippen LogP) is 2.99. The lowest BCUT2D eigenvalue weighted by Gasteiger charge is -2.22. The summed E-state index contributed by atoms with van der Waals surface area (Å²) >= 11 is 5.84. The van der Waals surface area contributed by atoms with E-state index in [2.05, 4.69) is 10.1 Å². The Hall–Kier alpha value is -3.06. The fourth-order valence-electron chi connectivity index (χ4n) is 2.35. The molecule has 0 saturated heterocycles. The Kier molecular flexibility index (Phi) is 5.38. The van der Waals surface area contributed by atoms with E-state index < -0.39 is 5.82 Å². The molecule has 0 unspecified atom stereocenters. The fraction of sp³-hybridized carbons (Fsp3) is 0.111. The summed E-state index contributed by atoms with van der Waals surface area (Å²) in [6.45, 7) is -0.286. The minimum atomic E-state index is -0.429. The highest BCUT2D eigenvalue weighted by Gasteiger charge is 2.21. The Balaban J connectivity index is 1.84. The summed E-state index contributed by atoms with van der Waals surface area (Å²) in [4.78, 5) is 30.3. The molecule has 0 atom stereocenters. The van der Waals surface area contributed by atoms with Crippen molar-refractivity contribution in [2.45, 2.75) is 6.54 Å². The van der Waals surface area contributed by atoms with Gasteiger partial charge in [-0.1, -0.05) is 11.6 Å². The number of carbonyl (C=O) groups is 2. The van der Waals surface area contributed by atoms with Crippen LogP contribution in [0.4, 0.5) is 10.1 Å². The van der Waals surface area contributed by atoms with Crippen LogP contribution in [0.15, 0.2) is 61.2 Å². The first kappa shape index (κ1) is 17.8. The van der Waals surface area contributed by atoms with Crippen molar-refractivity contribution in [2.75, 3.05) is 11.4 Å². The second kappa shape index (κ2) is 7.88. The first-order chi connectivity index (χ1) is 12.5. The van der Waals surface area contributed by atoms with E-state index in [1.54, 1.807) is 24.3 Å². The minimum Gasteiger partial charge on any atom is -0.303 e. The van der Waals surface area contributed by atoms with Crippen LogP contribution in [0.25, 0.3) is 0 Å². The molecule has 0 radical (unpaired) electrons. The van der Waals surface area contributed by atoms with Gasteiger partial charge in [-0.15, -0.1) is 0 Å². The first-order valence-electron chi connectivity index (χ1n) is 7.70. The fourth-order valence-corrected chi connectivity index (χ4v) is 2.48. The van der Waals surface area contributed by atoms with Crippen molar-refractivity contribution >= 4 is 29.0 Å². The number of aromatic nitrogens is 3. The van der Waals surface area contributed by atoms with Crippen molar-refractivity contribution in [3.8, 4) is 0 Å². The highest BCUT2D eigenvalue weighted by molar-refractivity contribution is 6.30. The molecule has 0 fully saturated rings. The molecular weight excluding hydrogens is 359 g/mol. The predicted molar refractivity (Wildman–Crippen MR) is 94.6 cm³/mol. The standard InChI is InChI=1S/C18H14ClFN4O2/c19-14-3-1-13(2-4-14)17(25)9-24(16-7-5-15(20)6-8-16)18(26)10-23-12-21-11-22-23/h1-8,11-12H,9-10H2. The molecule has 1 amide bonds. The molecule has 132 valence electrons. The quantitative estimate of drug-likeness (QED) is 0.624. The van der Waals surface area contributed by atoms with Gasteiger partial charge in [-0.05, 0) is 48.5 Å². The lowest BCUT2D eigenvalue weighted by Crippen LogP contribution is -2.38. The van der Waals surface area contributed by atoms with E-state index in [9.17, 15) is 14.0 Å². The van der Waals surface area contributed by atoms with Gasteiger partial charge in [-0.3, -0.25) is 9.59 Å². The third-order valence-corrected chi connectivity index (χ3v) is 3.92. The number of rotatable bonds is 6. The van der Waals surface area contributed by atoms with Crippen LogP contribution in [0, 0.1) is 5.82 Å². The van der Waals surface area contributed by atoms with Gasteiger partial charge in [0.05, 0.1) is 6.54 Å². The zero-order valence-electron chi connectivity index (χ0n) is 13.5. The molecule has 3 aromatic rings. The van der Waals surface area contributed by atoms with Crippen LogP contribution in [-0.4, -0.2) is 33.0 Å². The summed E-state index contributed by atoms with van der Waals surface area (Å²) in [5.41, 5.74) is 0.842. The first-order valence-corrected chi connectivity index (χ1v) is 8.08. The summed E-state index contributed by atoms with van der Waals surface area (Å²) < 4.78 is 14.6. The van der Waals surface area contributed by atoms with Gasteiger partial charge in [-0.2, -0.15) is 5.10 Å². The van der Waals surface area contributed by atoms with Crippen molar-refractivity contribution in [1.29, 1.82) is 0 Å². The van der Waals surface area contributed by atoms with Crippen LogP contribution in [0.1, 0.15) is 10.4 Å². The molecule has 1 heterocycles. The maximum atomic E-state index is 13.2. The number of hydrogen-bond donors (Lipinski definition) is 0. The summed E-state index contributed by atoms with van der Waals surface area (Å²) in [6, 6.07) is 11.8. The SMILES string of the molecule is O=C(CN(C(=O)Cn1cncn1)c1ccc(F)cc1)c1ccc(Cl)cc1. The van der Waals surface area contributed by atoms with Crippen molar-refractivity contribution < 1.29 is 14.0 Å². The van der Waals surface area contributed by atoms with Crippen LogP contribution >= 0.6 is 11.6 Å². The molecule has 0 spiro atoms. The third kappa shape index (κ3) is 4.31. The van der Waals surface area contributed by atoms with E-state index in [4.69, 9.17) is 11.6 Å². The highest BCUT2D eigenvalue weighted by atomic mass is 35.5. The molecular formula is C18H14ClFN4O2. The average Bonchev–Trinajstić information content (AvgIpc) is 3.14. The molecule has 1 aromatic heterocycles. The van der Waals surface area contributed by atoms with E-state index in [-0.39, 0.29) is 24.8 Å². The molecule has 0 aliphatic carbocycles. The number of carbonyl (C=O) groups excluding carboxylic acids is 2. The number of halogens is 2.